The average molecular weight is 369 g/mol. The number of hydrogen-bond donors (Lipinski definition) is 2. The minimum absolute atomic E-state index is 0.0877. The summed E-state index contributed by atoms with van der Waals surface area (Å²) in [6, 6.07) is 9.48. The van der Waals surface area contributed by atoms with Crippen LogP contribution in [-0.2, 0) is 22.3 Å². The molecule has 8 nitrogen and oxygen atoms in total. The van der Waals surface area contributed by atoms with Crippen molar-refractivity contribution >= 4 is 32.3 Å². The Hall–Kier alpha value is -2.30. The molecule has 0 aliphatic heterocycles. The molecule has 2 rings (SSSR count). The van der Waals surface area contributed by atoms with E-state index in [-0.39, 0.29) is 22.2 Å². The summed E-state index contributed by atoms with van der Waals surface area (Å²) in [5.41, 5.74) is 1.42. The third-order valence-electron chi connectivity index (χ3n) is 3.14. The van der Waals surface area contributed by atoms with Gasteiger partial charge in [0.1, 0.15) is 0 Å². The Labute approximate surface area is 142 Å². The van der Waals surface area contributed by atoms with Gasteiger partial charge in [-0.2, -0.15) is 0 Å². The molecule has 0 atom stereocenters. The Morgan fingerprint density at radius 3 is 2.33 bits per heavy atom. The van der Waals surface area contributed by atoms with E-state index in [1.807, 2.05) is 0 Å². The van der Waals surface area contributed by atoms with Crippen LogP contribution in [0.2, 0.25) is 0 Å². The van der Waals surface area contributed by atoms with E-state index < -0.39 is 20.9 Å². The van der Waals surface area contributed by atoms with E-state index in [0.717, 1.165) is 16.9 Å². The van der Waals surface area contributed by atoms with Crippen LogP contribution in [0.5, 0.6) is 0 Å². The molecule has 0 saturated carbocycles. The molecule has 0 unspecified atom stereocenters. The van der Waals surface area contributed by atoms with Gasteiger partial charge in [-0.25, -0.2) is 13.1 Å². The summed E-state index contributed by atoms with van der Waals surface area (Å²) in [6.07, 6.45) is 0. The van der Waals surface area contributed by atoms with Crippen molar-refractivity contribution in [3.8, 4) is 0 Å². The predicted molar refractivity (Wildman–Crippen MR) is 90.3 cm³/mol. The van der Waals surface area contributed by atoms with Crippen LogP contribution in [0.15, 0.2) is 36.4 Å². The van der Waals surface area contributed by atoms with Crippen molar-refractivity contribution < 1.29 is 18.1 Å². The molecule has 0 aliphatic carbocycles. The number of rotatable bonds is 7. The Kier molecular flexibility index (Phi) is 5.65. The monoisotopic (exact) mass is 369 g/mol. The first-order valence-corrected chi connectivity index (χ1v) is 9.29. The highest BCUT2D eigenvalue weighted by molar-refractivity contribution is 7.88. The number of sulfonamides is 1. The molecule has 0 aliphatic rings. The van der Waals surface area contributed by atoms with Crippen LogP contribution in [0.1, 0.15) is 20.8 Å². The minimum Gasteiger partial charge on any atom is -0.347 e. The fraction of sp³-hybridized carbons (Fsp3) is 0.214. The van der Waals surface area contributed by atoms with Crippen LogP contribution < -0.4 is 10.0 Å². The van der Waals surface area contributed by atoms with E-state index in [1.54, 1.807) is 24.3 Å². The molecule has 1 aromatic heterocycles. The molecule has 0 bridgehead atoms. The van der Waals surface area contributed by atoms with Crippen molar-refractivity contribution in [3.05, 3.63) is 62.5 Å². The molecule has 0 fully saturated rings. The lowest BCUT2D eigenvalue weighted by Crippen LogP contribution is -2.22. The number of amides is 1. The summed E-state index contributed by atoms with van der Waals surface area (Å²) >= 11 is 0.811. The van der Waals surface area contributed by atoms with Gasteiger partial charge in [0.15, 0.2) is 0 Å². The zero-order valence-corrected chi connectivity index (χ0v) is 14.3. The Morgan fingerprint density at radius 1 is 1.17 bits per heavy atom. The molecule has 24 heavy (non-hydrogen) atoms. The summed E-state index contributed by atoms with van der Waals surface area (Å²) in [5, 5.41) is 13.2. The van der Waals surface area contributed by atoms with Gasteiger partial charge in [-0.05, 0) is 24.2 Å². The first-order chi connectivity index (χ1) is 11.3. The van der Waals surface area contributed by atoms with Crippen LogP contribution in [0, 0.1) is 10.1 Å². The second-order valence-corrected chi connectivity index (χ2v) is 7.85. The van der Waals surface area contributed by atoms with Gasteiger partial charge < -0.3 is 5.32 Å². The number of carbonyl (C=O) groups excluding carboxylic acids is 1. The van der Waals surface area contributed by atoms with E-state index >= 15 is 0 Å². The lowest BCUT2D eigenvalue weighted by molar-refractivity contribution is -0.380. The van der Waals surface area contributed by atoms with Crippen molar-refractivity contribution in [2.24, 2.45) is 0 Å². The molecule has 128 valence electrons. The molecular weight excluding hydrogens is 354 g/mol. The number of nitrogens with zero attached hydrogens (tertiary/aromatic N) is 1. The third-order valence-corrected chi connectivity index (χ3v) is 5.51. The third kappa shape index (κ3) is 4.85. The lowest BCUT2D eigenvalue weighted by Gasteiger charge is -2.06. The molecule has 10 heteroatoms. The number of thiophene rings is 1. The molecule has 1 heterocycles. The molecule has 2 aromatic rings. The van der Waals surface area contributed by atoms with Crippen molar-refractivity contribution in [2.45, 2.75) is 12.3 Å². The quantitative estimate of drug-likeness (QED) is 0.568. The van der Waals surface area contributed by atoms with Gasteiger partial charge in [-0.1, -0.05) is 35.6 Å². The normalized spacial score (nSPS) is 11.2. The van der Waals surface area contributed by atoms with E-state index in [2.05, 4.69) is 10.0 Å². The van der Waals surface area contributed by atoms with E-state index in [4.69, 9.17) is 0 Å². The summed E-state index contributed by atoms with van der Waals surface area (Å²) < 4.78 is 25.2. The highest BCUT2D eigenvalue weighted by Gasteiger charge is 2.15. The van der Waals surface area contributed by atoms with Gasteiger partial charge in [0, 0.05) is 12.6 Å². The molecule has 0 saturated heterocycles. The Bertz CT molecular complexity index is 844. The SMILES string of the molecule is CNS(=O)(=O)Cc1ccc(CNC(=O)c2ccc([N+](=O)[O-])s2)cc1. The summed E-state index contributed by atoms with van der Waals surface area (Å²) in [6.45, 7) is 0.240. The smallest absolute Gasteiger partial charge is 0.324 e. The summed E-state index contributed by atoms with van der Waals surface area (Å²) in [4.78, 5) is 22.3. The second-order valence-electron chi connectivity index (χ2n) is 4.86. The Balaban J connectivity index is 1.94. The maximum atomic E-state index is 11.9. The standard InChI is InChI=1S/C14H15N3O5S2/c1-15-24(21,22)9-11-4-2-10(3-5-11)8-16-14(18)12-6-7-13(23-12)17(19)20/h2-7,15H,8-9H2,1H3,(H,16,18). The van der Waals surface area contributed by atoms with E-state index in [1.165, 1.54) is 19.2 Å². The van der Waals surface area contributed by atoms with Crippen molar-refractivity contribution in [1.82, 2.24) is 10.0 Å². The highest BCUT2D eigenvalue weighted by Crippen LogP contribution is 2.23. The van der Waals surface area contributed by atoms with Crippen LogP contribution >= 0.6 is 11.3 Å². The van der Waals surface area contributed by atoms with Crippen molar-refractivity contribution in [3.63, 3.8) is 0 Å². The van der Waals surface area contributed by atoms with E-state index in [0.29, 0.717) is 5.56 Å². The minimum atomic E-state index is -3.33. The van der Waals surface area contributed by atoms with Crippen LogP contribution in [0.3, 0.4) is 0 Å². The predicted octanol–water partition coefficient (Wildman–Crippen LogP) is 1.64. The van der Waals surface area contributed by atoms with Crippen molar-refractivity contribution in [1.29, 1.82) is 0 Å². The van der Waals surface area contributed by atoms with Gasteiger partial charge in [0.05, 0.1) is 15.6 Å². The molecule has 0 spiro atoms. The van der Waals surface area contributed by atoms with Gasteiger partial charge in [0.2, 0.25) is 10.0 Å². The molecular formula is C14H15N3O5S2. The largest absolute Gasteiger partial charge is 0.347 e. The topological polar surface area (TPSA) is 118 Å². The number of carbonyl (C=O) groups is 1. The summed E-state index contributed by atoms with van der Waals surface area (Å²) in [7, 11) is -1.97. The molecule has 2 N–H and O–H groups in total. The van der Waals surface area contributed by atoms with Gasteiger partial charge in [0.25, 0.3) is 5.91 Å². The van der Waals surface area contributed by atoms with Gasteiger partial charge in [-0.15, -0.1) is 0 Å². The maximum absolute atomic E-state index is 11.9. The average Bonchev–Trinajstić information content (AvgIpc) is 3.04. The van der Waals surface area contributed by atoms with Crippen LogP contribution in [0.25, 0.3) is 0 Å². The fourth-order valence-electron chi connectivity index (χ4n) is 1.86. The number of benzene rings is 1. The van der Waals surface area contributed by atoms with Crippen LogP contribution in [-0.4, -0.2) is 26.3 Å². The molecule has 0 radical (unpaired) electrons. The first-order valence-electron chi connectivity index (χ1n) is 6.82. The van der Waals surface area contributed by atoms with Crippen LogP contribution in [0.4, 0.5) is 5.00 Å². The van der Waals surface area contributed by atoms with Gasteiger partial charge in [-0.3, -0.25) is 14.9 Å². The second kappa shape index (κ2) is 7.51. The zero-order valence-electron chi connectivity index (χ0n) is 12.7. The molecule has 1 amide bonds. The lowest BCUT2D eigenvalue weighted by atomic mass is 10.1. The fourth-order valence-corrected chi connectivity index (χ4v) is 3.37. The Morgan fingerprint density at radius 2 is 1.79 bits per heavy atom. The van der Waals surface area contributed by atoms with E-state index in [9.17, 15) is 23.3 Å². The zero-order chi connectivity index (χ0) is 17.7. The summed E-state index contributed by atoms with van der Waals surface area (Å²) in [5.74, 6) is -0.510. The molecule has 1 aromatic carbocycles. The number of nitrogens with one attached hydrogen (secondary N) is 2. The highest BCUT2D eigenvalue weighted by atomic mass is 32.2. The maximum Gasteiger partial charge on any atom is 0.324 e. The number of nitro groups is 1. The first kappa shape index (κ1) is 18.0. The van der Waals surface area contributed by atoms with Crippen molar-refractivity contribution in [2.75, 3.05) is 7.05 Å². The number of hydrogen-bond acceptors (Lipinski definition) is 6. The van der Waals surface area contributed by atoms with Gasteiger partial charge >= 0.3 is 5.00 Å².